The van der Waals surface area contributed by atoms with Gasteiger partial charge in [0.25, 0.3) is 5.56 Å². The highest BCUT2D eigenvalue weighted by atomic mass is 32.1. The number of thiazole rings is 1. The maximum absolute atomic E-state index is 14.4. The molecule has 0 saturated carbocycles. The van der Waals surface area contributed by atoms with E-state index in [9.17, 15) is 9.59 Å². The van der Waals surface area contributed by atoms with Crippen molar-refractivity contribution in [2.75, 3.05) is 40.6 Å². The fourth-order valence-corrected chi connectivity index (χ4v) is 6.30. The minimum atomic E-state index is -0.872. The van der Waals surface area contributed by atoms with Crippen molar-refractivity contribution in [3.8, 4) is 17.2 Å². The van der Waals surface area contributed by atoms with Gasteiger partial charge < -0.3 is 23.7 Å². The summed E-state index contributed by atoms with van der Waals surface area (Å²) >= 11 is 1.26. The van der Waals surface area contributed by atoms with Crippen LogP contribution < -0.4 is 29.1 Å². The fraction of sp³-hybridized carbons (Fsp3) is 0.324. The van der Waals surface area contributed by atoms with Crippen molar-refractivity contribution >= 4 is 34.2 Å². The van der Waals surface area contributed by atoms with Gasteiger partial charge in [0.05, 0.1) is 42.7 Å². The van der Waals surface area contributed by atoms with E-state index in [0.717, 1.165) is 22.8 Å². The monoisotopic (exact) mass is 616 g/mol. The van der Waals surface area contributed by atoms with Gasteiger partial charge in [0.15, 0.2) is 16.3 Å². The Kier molecular flexibility index (Phi) is 9.82. The van der Waals surface area contributed by atoms with Crippen LogP contribution in [0.1, 0.15) is 44.4 Å². The number of rotatable bonds is 12. The van der Waals surface area contributed by atoms with Crippen LogP contribution in [0, 0.1) is 0 Å². The molecule has 0 aliphatic carbocycles. The molecule has 9 nitrogen and oxygen atoms in total. The van der Waals surface area contributed by atoms with Gasteiger partial charge in [0.2, 0.25) is 0 Å². The molecule has 0 radical (unpaired) electrons. The number of carbonyl (C=O) groups is 1. The predicted molar refractivity (Wildman–Crippen MR) is 170 cm³/mol. The summed E-state index contributed by atoms with van der Waals surface area (Å²) in [7, 11) is 3.09. The van der Waals surface area contributed by atoms with Crippen LogP contribution in [0.4, 0.5) is 0 Å². The summed E-state index contributed by atoms with van der Waals surface area (Å²) in [4.78, 5) is 33.2. The number of aromatic nitrogens is 1. The van der Waals surface area contributed by atoms with Crippen molar-refractivity contribution < 1.29 is 28.5 Å². The Morgan fingerprint density at radius 1 is 0.977 bits per heavy atom. The summed E-state index contributed by atoms with van der Waals surface area (Å²) in [5, 5.41) is 2.00. The summed E-state index contributed by atoms with van der Waals surface area (Å²) in [5.74, 6) is 1.04. The van der Waals surface area contributed by atoms with Gasteiger partial charge in [-0.3, -0.25) is 9.36 Å². The second-order valence-corrected chi connectivity index (χ2v) is 11.1. The lowest BCUT2D eigenvalue weighted by Gasteiger charge is -2.27. The molecule has 0 saturated heterocycles. The van der Waals surface area contributed by atoms with E-state index in [2.05, 4.69) is 0 Å². The van der Waals surface area contributed by atoms with Crippen LogP contribution in [0.15, 0.2) is 75.7 Å². The number of fused-ring (bicyclic) bond motifs is 2. The molecule has 0 fully saturated rings. The average molecular weight is 617 g/mol. The first-order valence-corrected chi connectivity index (χ1v) is 15.4. The summed E-state index contributed by atoms with van der Waals surface area (Å²) in [6.45, 7) is 6.86. The van der Waals surface area contributed by atoms with Crippen LogP contribution in [-0.4, -0.2) is 51.2 Å². The Hall–Kier alpha value is -4.41. The number of para-hydroxylation sites is 1. The van der Waals surface area contributed by atoms with E-state index in [1.165, 1.54) is 18.4 Å². The third-order valence-corrected chi connectivity index (χ3v) is 8.23. The van der Waals surface area contributed by atoms with Gasteiger partial charge in [0, 0.05) is 18.2 Å². The number of carbonyl (C=O) groups excluding carboxylic acids is 1. The molecule has 2 heterocycles. The zero-order valence-corrected chi connectivity index (χ0v) is 26.4. The van der Waals surface area contributed by atoms with Gasteiger partial charge >= 0.3 is 5.97 Å². The van der Waals surface area contributed by atoms with E-state index in [0.29, 0.717) is 51.1 Å². The van der Waals surface area contributed by atoms with E-state index in [1.54, 1.807) is 24.7 Å². The van der Waals surface area contributed by atoms with Gasteiger partial charge in [-0.1, -0.05) is 60.7 Å². The Bertz CT molecular complexity index is 1890. The normalized spacial score (nSPS) is 14.8. The highest BCUT2D eigenvalue weighted by molar-refractivity contribution is 7.07. The second-order valence-electron chi connectivity index (χ2n) is 10.1. The maximum atomic E-state index is 14.4. The molecule has 3 aromatic carbocycles. The number of benzene rings is 3. The van der Waals surface area contributed by atoms with Gasteiger partial charge in [-0.05, 0) is 49.2 Å². The van der Waals surface area contributed by atoms with Gasteiger partial charge in [-0.2, -0.15) is 0 Å². The van der Waals surface area contributed by atoms with Gasteiger partial charge in [-0.15, -0.1) is 0 Å². The zero-order valence-electron chi connectivity index (χ0n) is 25.5. The van der Waals surface area contributed by atoms with Crippen LogP contribution in [0.5, 0.6) is 17.2 Å². The SMILES string of the molecule is CCCOc1ccc2ccccc2c1/C=c1/sc2n(c1=O)[C@@H](c1cccc(OC)c1OCC)C(C(=O)OCCOC)=C(C)N=2. The largest absolute Gasteiger partial charge is 0.493 e. The Balaban J connectivity index is 1.77. The lowest BCUT2D eigenvalue weighted by Crippen LogP contribution is -2.40. The summed E-state index contributed by atoms with van der Waals surface area (Å²) < 4.78 is 30.4. The highest BCUT2D eigenvalue weighted by Crippen LogP contribution is 2.41. The number of hydrogen-bond donors (Lipinski definition) is 0. The molecule has 10 heteroatoms. The zero-order chi connectivity index (χ0) is 31.2. The van der Waals surface area contributed by atoms with Crippen molar-refractivity contribution in [2.24, 2.45) is 4.99 Å². The smallest absolute Gasteiger partial charge is 0.338 e. The van der Waals surface area contributed by atoms with Gasteiger partial charge in [0.1, 0.15) is 18.4 Å². The molecule has 1 aliphatic heterocycles. The lowest BCUT2D eigenvalue weighted by atomic mass is 9.94. The first kappa shape index (κ1) is 31.0. The lowest BCUT2D eigenvalue weighted by molar-refractivity contribution is -0.140. The number of esters is 1. The second kappa shape index (κ2) is 13.9. The molecular weight excluding hydrogens is 580 g/mol. The molecule has 0 bridgehead atoms. The van der Waals surface area contributed by atoms with Crippen LogP contribution in [0.25, 0.3) is 16.8 Å². The molecule has 0 unspecified atom stereocenters. The third-order valence-electron chi connectivity index (χ3n) is 7.24. The van der Waals surface area contributed by atoms with E-state index >= 15 is 0 Å². The number of nitrogens with zero attached hydrogens (tertiary/aromatic N) is 2. The van der Waals surface area contributed by atoms with Gasteiger partial charge in [-0.25, -0.2) is 9.79 Å². The Labute approximate surface area is 259 Å². The van der Waals surface area contributed by atoms with E-state index in [1.807, 2.05) is 68.5 Å². The molecule has 0 spiro atoms. The van der Waals surface area contributed by atoms with E-state index in [-0.39, 0.29) is 24.3 Å². The topological polar surface area (TPSA) is 97.6 Å². The summed E-state index contributed by atoms with van der Waals surface area (Å²) in [5.41, 5.74) is 1.79. The van der Waals surface area contributed by atoms with Crippen LogP contribution >= 0.6 is 11.3 Å². The minimum absolute atomic E-state index is 0.0568. The molecule has 1 aromatic heterocycles. The number of hydrogen-bond acceptors (Lipinski definition) is 9. The third kappa shape index (κ3) is 6.00. The Morgan fingerprint density at radius 2 is 1.80 bits per heavy atom. The molecule has 4 aromatic rings. The molecule has 230 valence electrons. The summed E-state index contributed by atoms with van der Waals surface area (Å²) in [6.07, 6.45) is 2.71. The summed E-state index contributed by atoms with van der Waals surface area (Å²) in [6, 6.07) is 16.5. The molecule has 5 rings (SSSR count). The van der Waals surface area contributed by atoms with Crippen LogP contribution in [-0.2, 0) is 14.3 Å². The molecule has 1 atom stereocenters. The van der Waals surface area contributed by atoms with E-state index in [4.69, 9.17) is 28.7 Å². The van der Waals surface area contributed by atoms with Crippen molar-refractivity contribution in [2.45, 2.75) is 33.2 Å². The quantitative estimate of drug-likeness (QED) is 0.167. The van der Waals surface area contributed by atoms with E-state index < -0.39 is 12.0 Å². The van der Waals surface area contributed by atoms with Crippen molar-refractivity contribution in [3.05, 3.63) is 96.7 Å². The number of ether oxygens (including phenoxy) is 5. The fourth-order valence-electron chi connectivity index (χ4n) is 5.27. The van der Waals surface area contributed by atoms with Crippen molar-refractivity contribution in [3.63, 3.8) is 0 Å². The highest BCUT2D eigenvalue weighted by Gasteiger charge is 2.36. The standard InChI is InChI=1S/C34H36N2O7S/c1-6-17-42-26-16-15-22-11-8-9-12-23(22)25(26)20-28-32(37)36-30(24-13-10-14-27(40-5)31(24)41-7-2)29(21(3)35-34(36)44-28)33(38)43-19-18-39-4/h8-16,20,30H,6-7,17-19H2,1-5H3/b28-20+/t30-/m0/s1. The Morgan fingerprint density at radius 3 is 2.55 bits per heavy atom. The first-order valence-electron chi connectivity index (χ1n) is 14.6. The minimum Gasteiger partial charge on any atom is -0.493 e. The number of methoxy groups -OCH3 is 2. The maximum Gasteiger partial charge on any atom is 0.338 e. The molecule has 0 amide bonds. The first-order chi connectivity index (χ1) is 21.4. The number of allylic oxidation sites excluding steroid dienone is 1. The van der Waals surface area contributed by atoms with Crippen LogP contribution in [0.2, 0.25) is 0 Å². The predicted octanol–water partition coefficient (Wildman–Crippen LogP) is 4.77. The van der Waals surface area contributed by atoms with Crippen molar-refractivity contribution in [1.29, 1.82) is 0 Å². The molecule has 1 aliphatic rings. The van der Waals surface area contributed by atoms with Crippen LogP contribution in [0.3, 0.4) is 0 Å². The molecule has 44 heavy (non-hydrogen) atoms. The average Bonchev–Trinajstić information content (AvgIpc) is 3.34. The molecule has 0 N–H and O–H groups in total. The molecular formula is C34H36N2O7S. The van der Waals surface area contributed by atoms with Crippen molar-refractivity contribution in [1.82, 2.24) is 4.57 Å².